The number of hydrogen-bond acceptors (Lipinski definition) is 3. The Morgan fingerprint density at radius 2 is 1.74 bits per heavy atom. The van der Waals surface area contributed by atoms with Gasteiger partial charge in [0.2, 0.25) is 0 Å². The molecule has 1 amide bonds. The fourth-order valence-electron chi connectivity index (χ4n) is 4.84. The highest BCUT2D eigenvalue weighted by molar-refractivity contribution is 5.94. The van der Waals surface area contributed by atoms with E-state index in [0.29, 0.717) is 35.3 Å². The summed E-state index contributed by atoms with van der Waals surface area (Å²) in [6.45, 7) is 7.92. The summed E-state index contributed by atoms with van der Waals surface area (Å²) in [4.78, 5) is 34.0. The number of amides is 1. The van der Waals surface area contributed by atoms with Crippen LogP contribution in [-0.2, 0) is 6.18 Å². The van der Waals surface area contributed by atoms with Gasteiger partial charge in [0.05, 0.1) is 28.2 Å². The van der Waals surface area contributed by atoms with Crippen molar-refractivity contribution in [2.75, 3.05) is 6.54 Å². The van der Waals surface area contributed by atoms with E-state index in [1.165, 1.54) is 17.0 Å². The monoisotopic (exact) mass is 521 g/mol. The van der Waals surface area contributed by atoms with E-state index in [9.17, 15) is 22.8 Å². The van der Waals surface area contributed by atoms with Gasteiger partial charge >= 0.3 is 6.18 Å². The molecule has 0 aliphatic rings. The molecule has 38 heavy (non-hydrogen) atoms. The summed E-state index contributed by atoms with van der Waals surface area (Å²) in [5.41, 5.74) is 1.83. The number of carbonyl (C=O) groups excluding carboxylic acids is 1. The molecular formula is C30H30F3N3O2. The second-order valence-corrected chi connectivity index (χ2v) is 9.42. The maximum Gasteiger partial charge on any atom is 0.416 e. The Kier molecular flexibility index (Phi) is 7.71. The standard InChI is InChI=1S/C30H30F3N3O2/c1-5-16-35(28(37)21-10-9-11-22(18-21)30(31,32)33)25(6-2)27-34-24-13-8-7-12-23(24)29(38)36(27)26-15-14-19(3)17-20(26)4/h7-15,17-18,25H,5-6,16H2,1-4H3. The summed E-state index contributed by atoms with van der Waals surface area (Å²) < 4.78 is 41.7. The molecule has 1 aromatic heterocycles. The number of aromatic nitrogens is 2. The van der Waals surface area contributed by atoms with Gasteiger partial charge in [-0.15, -0.1) is 0 Å². The number of alkyl halides is 3. The maximum atomic E-state index is 13.9. The highest BCUT2D eigenvalue weighted by Crippen LogP contribution is 2.32. The number of aryl methyl sites for hydroxylation is 2. The molecule has 0 saturated carbocycles. The summed E-state index contributed by atoms with van der Waals surface area (Å²) in [6, 6.07) is 16.6. The predicted molar refractivity (Wildman–Crippen MR) is 143 cm³/mol. The zero-order valence-corrected chi connectivity index (χ0v) is 21.8. The molecule has 0 aliphatic carbocycles. The highest BCUT2D eigenvalue weighted by atomic mass is 19.4. The fourth-order valence-corrected chi connectivity index (χ4v) is 4.84. The van der Waals surface area contributed by atoms with Crippen LogP contribution in [0.15, 0.2) is 71.5 Å². The normalized spacial score (nSPS) is 12.5. The second-order valence-electron chi connectivity index (χ2n) is 9.42. The molecule has 0 spiro atoms. The minimum atomic E-state index is -4.57. The molecule has 0 saturated heterocycles. The first kappa shape index (κ1) is 27.1. The highest BCUT2D eigenvalue weighted by Gasteiger charge is 2.33. The molecule has 1 unspecified atom stereocenters. The number of fused-ring (bicyclic) bond motifs is 1. The third-order valence-electron chi connectivity index (χ3n) is 6.62. The first-order valence-electron chi connectivity index (χ1n) is 12.6. The molecule has 1 atom stereocenters. The van der Waals surface area contributed by atoms with E-state index in [2.05, 4.69) is 0 Å². The van der Waals surface area contributed by atoms with Crippen molar-refractivity contribution in [3.8, 4) is 5.69 Å². The van der Waals surface area contributed by atoms with Crippen LogP contribution < -0.4 is 5.56 Å². The van der Waals surface area contributed by atoms with Gasteiger partial charge in [-0.1, -0.05) is 49.7 Å². The number of para-hydroxylation sites is 1. The van der Waals surface area contributed by atoms with Crippen molar-refractivity contribution < 1.29 is 18.0 Å². The van der Waals surface area contributed by atoms with Crippen LogP contribution in [-0.4, -0.2) is 26.9 Å². The number of carbonyl (C=O) groups is 1. The summed E-state index contributed by atoms with van der Waals surface area (Å²) in [5, 5.41) is 0.442. The average molecular weight is 522 g/mol. The minimum absolute atomic E-state index is 0.0621. The van der Waals surface area contributed by atoms with E-state index in [4.69, 9.17) is 4.98 Å². The molecular weight excluding hydrogens is 491 g/mol. The molecule has 0 N–H and O–H groups in total. The van der Waals surface area contributed by atoms with Crippen LogP contribution in [0.2, 0.25) is 0 Å². The SMILES string of the molecule is CCCN(C(=O)c1cccc(C(F)(F)F)c1)C(CC)c1nc2ccccc2c(=O)n1-c1ccc(C)cc1C. The number of benzene rings is 3. The first-order chi connectivity index (χ1) is 18.1. The smallest absolute Gasteiger partial charge is 0.328 e. The summed E-state index contributed by atoms with van der Waals surface area (Å²) >= 11 is 0. The molecule has 4 aromatic rings. The fraction of sp³-hybridized carbons (Fsp3) is 0.300. The van der Waals surface area contributed by atoms with E-state index in [-0.39, 0.29) is 17.7 Å². The van der Waals surface area contributed by atoms with E-state index in [1.807, 2.05) is 45.9 Å². The van der Waals surface area contributed by atoms with E-state index < -0.39 is 23.7 Å². The molecule has 0 bridgehead atoms. The van der Waals surface area contributed by atoms with Gasteiger partial charge in [-0.3, -0.25) is 14.2 Å². The zero-order chi connectivity index (χ0) is 27.6. The molecule has 3 aromatic carbocycles. The number of rotatable bonds is 7. The molecule has 4 rings (SSSR count). The molecule has 198 valence electrons. The summed E-state index contributed by atoms with van der Waals surface area (Å²) in [7, 11) is 0. The van der Waals surface area contributed by atoms with Crippen molar-refractivity contribution >= 4 is 16.8 Å². The van der Waals surface area contributed by atoms with Crippen molar-refractivity contribution in [2.24, 2.45) is 0 Å². The van der Waals surface area contributed by atoms with Gasteiger partial charge in [-0.2, -0.15) is 13.2 Å². The Morgan fingerprint density at radius 1 is 1.00 bits per heavy atom. The van der Waals surface area contributed by atoms with Crippen molar-refractivity contribution in [1.82, 2.24) is 14.5 Å². The lowest BCUT2D eigenvalue weighted by molar-refractivity contribution is -0.137. The molecule has 0 aliphatic heterocycles. The van der Waals surface area contributed by atoms with Crippen LogP contribution in [0.3, 0.4) is 0 Å². The largest absolute Gasteiger partial charge is 0.416 e. The number of hydrogen-bond donors (Lipinski definition) is 0. The van der Waals surface area contributed by atoms with Crippen LogP contribution in [0.4, 0.5) is 13.2 Å². The van der Waals surface area contributed by atoms with Crippen LogP contribution in [0.1, 0.15) is 65.6 Å². The van der Waals surface area contributed by atoms with Gasteiger partial charge < -0.3 is 4.90 Å². The van der Waals surface area contributed by atoms with Gasteiger partial charge in [0.1, 0.15) is 5.82 Å². The van der Waals surface area contributed by atoms with Gasteiger partial charge in [0.15, 0.2) is 0 Å². The number of nitrogens with zero attached hydrogens (tertiary/aromatic N) is 3. The number of halogens is 3. The predicted octanol–water partition coefficient (Wildman–Crippen LogP) is 7.02. The van der Waals surface area contributed by atoms with Crippen LogP contribution in [0.25, 0.3) is 16.6 Å². The van der Waals surface area contributed by atoms with Crippen LogP contribution >= 0.6 is 0 Å². The molecule has 1 heterocycles. The van der Waals surface area contributed by atoms with Gasteiger partial charge in [-0.25, -0.2) is 4.98 Å². The Bertz CT molecular complexity index is 1540. The summed E-state index contributed by atoms with van der Waals surface area (Å²) in [5.74, 6) is -0.170. The molecule has 5 nitrogen and oxygen atoms in total. The van der Waals surface area contributed by atoms with Crippen LogP contribution in [0.5, 0.6) is 0 Å². The average Bonchev–Trinajstić information content (AvgIpc) is 2.89. The lowest BCUT2D eigenvalue weighted by atomic mass is 10.0. The van der Waals surface area contributed by atoms with Crippen LogP contribution in [0, 0.1) is 13.8 Å². The Labute approximate surface area is 219 Å². The minimum Gasteiger partial charge on any atom is -0.328 e. The van der Waals surface area contributed by atoms with E-state index in [0.717, 1.165) is 23.3 Å². The van der Waals surface area contributed by atoms with Gasteiger partial charge in [0, 0.05) is 12.1 Å². The summed E-state index contributed by atoms with van der Waals surface area (Å²) in [6.07, 6.45) is -3.59. The molecule has 0 fully saturated rings. The third-order valence-corrected chi connectivity index (χ3v) is 6.62. The first-order valence-corrected chi connectivity index (χ1v) is 12.6. The van der Waals surface area contributed by atoms with E-state index in [1.54, 1.807) is 28.8 Å². The van der Waals surface area contributed by atoms with E-state index >= 15 is 0 Å². The third kappa shape index (κ3) is 5.21. The van der Waals surface area contributed by atoms with Gasteiger partial charge in [0.25, 0.3) is 11.5 Å². The van der Waals surface area contributed by atoms with Crippen molar-refractivity contribution in [2.45, 2.75) is 52.8 Å². The lowest BCUT2D eigenvalue weighted by Crippen LogP contribution is -2.39. The Balaban J connectivity index is 1.94. The van der Waals surface area contributed by atoms with Crippen molar-refractivity contribution in [1.29, 1.82) is 0 Å². The van der Waals surface area contributed by atoms with Crippen molar-refractivity contribution in [3.05, 3.63) is 105 Å². The zero-order valence-electron chi connectivity index (χ0n) is 21.8. The van der Waals surface area contributed by atoms with Gasteiger partial charge in [-0.05, 0) is 68.7 Å². The second kappa shape index (κ2) is 10.8. The Morgan fingerprint density at radius 3 is 2.39 bits per heavy atom. The molecule has 8 heteroatoms. The Hall–Kier alpha value is -3.94. The molecule has 0 radical (unpaired) electrons. The topological polar surface area (TPSA) is 55.2 Å². The maximum absolute atomic E-state index is 13.9. The quantitative estimate of drug-likeness (QED) is 0.263. The van der Waals surface area contributed by atoms with Crippen molar-refractivity contribution in [3.63, 3.8) is 0 Å². The lowest BCUT2D eigenvalue weighted by Gasteiger charge is -2.32.